The summed E-state index contributed by atoms with van der Waals surface area (Å²) >= 11 is 6.72. The van der Waals surface area contributed by atoms with Gasteiger partial charge in [0.2, 0.25) is 11.8 Å². The molecule has 158 valence electrons. The number of halogens is 1. The van der Waals surface area contributed by atoms with E-state index in [0.717, 1.165) is 22.3 Å². The monoisotopic (exact) mass is 428 g/mol. The van der Waals surface area contributed by atoms with Gasteiger partial charge in [-0.15, -0.1) is 0 Å². The molecule has 0 radical (unpaired) electrons. The third-order valence-corrected chi connectivity index (χ3v) is 6.28. The maximum absolute atomic E-state index is 12.1. The Hall–Kier alpha value is -2.41. The zero-order valence-corrected chi connectivity index (χ0v) is 17.6. The van der Waals surface area contributed by atoms with Crippen molar-refractivity contribution in [2.75, 3.05) is 13.2 Å². The summed E-state index contributed by atoms with van der Waals surface area (Å²) < 4.78 is 5.28. The summed E-state index contributed by atoms with van der Waals surface area (Å²) in [5, 5.41) is 13.5. The number of morpholine rings is 1. The SMILES string of the molecule is C[C@H]1COCC(=O)N1Cc1ccc(-c2cccc(C3CCC(=O)NC3O)c2Cl)cc1. The van der Waals surface area contributed by atoms with Crippen molar-refractivity contribution in [1.82, 2.24) is 10.2 Å². The Kier molecular flexibility index (Phi) is 6.09. The molecule has 2 aliphatic heterocycles. The molecule has 0 bridgehead atoms. The normalized spacial score (nSPS) is 24.6. The van der Waals surface area contributed by atoms with E-state index in [-0.39, 0.29) is 30.4 Å². The zero-order valence-electron chi connectivity index (χ0n) is 16.8. The largest absolute Gasteiger partial charge is 0.373 e. The van der Waals surface area contributed by atoms with E-state index in [2.05, 4.69) is 5.32 Å². The Morgan fingerprint density at radius 1 is 1.20 bits per heavy atom. The number of nitrogens with zero attached hydrogens (tertiary/aromatic N) is 1. The molecule has 3 atom stereocenters. The van der Waals surface area contributed by atoms with Crippen molar-refractivity contribution in [2.24, 2.45) is 0 Å². The molecule has 2 amide bonds. The highest BCUT2D eigenvalue weighted by atomic mass is 35.5. The van der Waals surface area contributed by atoms with Crippen LogP contribution in [0.15, 0.2) is 42.5 Å². The number of benzene rings is 2. The highest BCUT2D eigenvalue weighted by molar-refractivity contribution is 6.34. The minimum Gasteiger partial charge on any atom is -0.373 e. The van der Waals surface area contributed by atoms with Crippen molar-refractivity contribution in [3.05, 3.63) is 58.6 Å². The number of carbonyl (C=O) groups excluding carboxylic acids is 2. The third kappa shape index (κ3) is 4.21. The molecule has 2 unspecified atom stereocenters. The first-order chi connectivity index (χ1) is 14.4. The van der Waals surface area contributed by atoms with E-state index >= 15 is 0 Å². The third-order valence-electron chi connectivity index (χ3n) is 5.86. The summed E-state index contributed by atoms with van der Waals surface area (Å²) in [4.78, 5) is 25.5. The van der Waals surface area contributed by atoms with E-state index in [9.17, 15) is 14.7 Å². The molecule has 2 heterocycles. The number of nitrogens with one attached hydrogen (secondary N) is 1. The second-order valence-corrected chi connectivity index (χ2v) is 8.33. The molecule has 0 spiro atoms. The number of aliphatic hydroxyl groups excluding tert-OH is 1. The van der Waals surface area contributed by atoms with Crippen LogP contribution in [0.3, 0.4) is 0 Å². The lowest BCUT2D eigenvalue weighted by atomic mass is 9.87. The van der Waals surface area contributed by atoms with Gasteiger partial charge in [-0.25, -0.2) is 0 Å². The van der Waals surface area contributed by atoms with E-state index < -0.39 is 6.23 Å². The van der Waals surface area contributed by atoms with Gasteiger partial charge < -0.3 is 20.1 Å². The minimum atomic E-state index is -0.936. The smallest absolute Gasteiger partial charge is 0.249 e. The first-order valence-corrected chi connectivity index (χ1v) is 10.5. The van der Waals surface area contributed by atoms with Crippen molar-refractivity contribution >= 4 is 23.4 Å². The lowest BCUT2D eigenvalue weighted by Crippen LogP contribution is -2.47. The first kappa shape index (κ1) is 20.8. The first-order valence-electron chi connectivity index (χ1n) is 10.2. The van der Waals surface area contributed by atoms with Crippen molar-refractivity contribution in [3.63, 3.8) is 0 Å². The molecule has 2 aliphatic rings. The van der Waals surface area contributed by atoms with Gasteiger partial charge in [-0.3, -0.25) is 9.59 Å². The quantitative estimate of drug-likeness (QED) is 0.784. The Balaban J connectivity index is 1.54. The number of aliphatic hydroxyl groups is 1. The van der Waals surface area contributed by atoms with Gasteiger partial charge in [-0.05, 0) is 30.0 Å². The molecule has 6 nitrogen and oxygen atoms in total. The van der Waals surface area contributed by atoms with Gasteiger partial charge in [-0.2, -0.15) is 0 Å². The van der Waals surface area contributed by atoms with E-state index in [0.29, 0.717) is 31.0 Å². The van der Waals surface area contributed by atoms with Crippen LogP contribution in [-0.2, 0) is 20.9 Å². The number of hydrogen-bond acceptors (Lipinski definition) is 4. The molecule has 30 heavy (non-hydrogen) atoms. The summed E-state index contributed by atoms with van der Waals surface area (Å²) in [5.74, 6) is -0.371. The zero-order chi connectivity index (χ0) is 21.3. The number of carbonyl (C=O) groups is 2. The summed E-state index contributed by atoms with van der Waals surface area (Å²) in [5.41, 5.74) is 3.71. The van der Waals surface area contributed by atoms with Crippen LogP contribution in [0.4, 0.5) is 0 Å². The molecular formula is C23H25ClN2O4. The van der Waals surface area contributed by atoms with Crippen molar-refractivity contribution in [3.8, 4) is 11.1 Å². The predicted molar refractivity (Wildman–Crippen MR) is 114 cm³/mol. The van der Waals surface area contributed by atoms with E-state index in [1.165, 1.54) is 0 Å². The molecule has 2 aromatic rings. The van der Waals surface area contributed by atoms with Crippen LogP contribution >= 0.6 is 11.6 Å². The van der Waals surface area contributed by atoms with Gasteiger partial charge >= 0.3 is 0 Å². The number of ether oxygens (including phenoxy) is 1. The van der Waals surface area contributed by atoms with Crippen LogP contribution < -0.4 is 5.32 Å². The Labute approximate surface area is 180 Å². The van der Waals surface area contributed by atoms with Crippen molar-refractivity contribution in [2.45, 2.75) is 44.5 Å². The van der Waals surface area contributed by atoms with Gasteiger partial charge in [-0.1, -0.05) is 54.1 Å². The summed E-state index contributed by atoms with van der Waals surface area (Å²) in [6, 6.07) is 13.8. The van der Waals surface area contributed by atoms with Crippen LogP contribution in [0, 0.1) is 0 Å². The minimum absolute atomic E-state index is 0.00621. The molecular weight excluding hydrogens is 404 g/mol. The summed E-state index contributed by atoms with van der Waals surface area (Å²) in [7, 11) is 0. The average Bonchev–Trinajstić information content (AvgIpc) is 2.72. The fourth-order valence-electron chi connectivity index (χ4n) is 4.13. The number of piperidine rings is 1. The maximum Gasteiger partial charge on any atom is 0.249 e. The Morgan fingerprint density at radius 3 is 2.67 bits per heavy atom. The van der Waals surface area contributed by atoms with Gasteiger partial charge in [0, 0.05) is 24.4 Å². The van der Waals surface area contributed by atoms with E-state index in [1.54, 1.807) is 0 Å². The maximum atomic E-state index is 12.1. The standard InChI is InChI=1S/C23H25ClN2O4/c1-14-12-30-13-21(28)26(14)11-15-5-7-16(8-6-15)17-3-2-4-18(22(17)24)19-9-10-20(27)25-23(19)29/h2-8,14,19,23,29H,9-13H2,1H3,(H,25,27)/t14-,19?,23?/m0/s1. The molecule has 2 aromatic carbocycles. The van der Waals surface area contributed by atoms with Gasteiger partial charge in [0.25, 0.3) is 0 Å². The van der Waals surface area contributed by atoms with Crippen LogP contribution in [0.25, 0.3) is 11.1 Å². The van der Waals surface area contributed by atoms with Crippen LogP contribution in [0.1, 0.15) is 36.8 Å². The van der Waals surface area contributed by atoms with Crippen LogP contribution in [0.5, 0.6) is 0 Å². The highest BCUT2D eigenvalue weighted by Crippen LogP contribution is 2.38. The molecule has 0 aromatic heterocycles. The molecule has 7 heteroatoms. The molecule has 0 saturated carbocycles. The highest BCUT2D eigenvalue weighted by Gasteiger charge is 2.30. The number of rotatable bonds is 4. The predicted octanol–water partition coefficient (Wildman–Crippen LogP) is 3.07. The molecule has 2 N–H and O–H groups in total. The molecule has 4 rings (SSSR count). The topological polar surface area (TPSA) is 78.9 Å². The number of amides is 2. The summed E-state index contributed by atoms with van der Waals surface area (Å²) in [6.45, 7) is 3.22. The van der Waals surface area contributed by atoms with E-state index in [4.69, 9.17) is 16.3 Å². The van der Waals surface area contributed by atoms with E-state index in [1.807, 2.05) is 54.3 Å². The van der Waals surface area contributed by atoms with Gasteiger partial charge in [0.05, 0.1) is 17.7 Å². The second kappa shape index (κ2) is 8.76. The average molecular weight is 429 g/mol. The lowest BCUT2D eigenvalue weighted by molar-refractivity contribution is -0.148. The Morgan fingerprint density at radius 2 is 1.97 bits per heavy atom. The van der Waals surface area contributed by atoms with Gasteiger partial charge in [0.15, 0.2) is 0 Å². The molecule has 0 aliphatic carbocycles. The van der Waals surface area contributed by atoms with Crippen LogP contribution in [-0.4, -0.2) is 47.3 Å². The Bertz CT molecular complexity index is 947. The van der Waals surface area contributed by atoms with Crippen molar-refractivity contribution < 1.29 is 19.4 Å². The van der Waals surface area contributed by atoms with Crippen LogP contribution in [0.2, 0.25) is 5.02 Å². The number of hydrogen-bond donors (Lipinski definition) is 2. The molecule has 2 fully saturated rings. The van der Waals surface area contributed by atoms with Gasteiger partial charge in [0.1, 0.15) is 12.8 Å². The molecule has 2 saturated heterocycles. The lowest BCUT2D eigenvalue weighted by Gasteiger charge is -2.33. The summed E-state index contributed by atoms with van der Waals surface area (Å²) in [6.07, 6.45) is -0.00860. The van der Waals surface area contributed by atoms with Crippen molar-refractivity contribution in [1.29, 1.82) is 0 Å². The fraction of sp³-hybridized carbons (Fsp3) is 0.391. The second-order valence-electron chi connectivity index (χ2n) is 7.95. The fourth-order valence-corrected chi connectivity index (χ4v) is 4.51.